The molecule has 0 atom stereocenters. The molecule has 1 aromatic rings. The predicted molar refractivity (Wildman–Crippen MR) is 87.0 cm³/mol. The van der Waals surface area contributed by atoms with E-state index in [2.05, 4.69) is 16.1 Å². The van der Waals surface area contributed by atoms with Crippen LogP contribution in [0.15, 0.2) is 22.4 Å². The molecule has 2 heterocycles. The van der Waals surface area contributed by atoms with Crippen molar-refractivity contribution in [3.8, 4) is 18.1 Å². The van der Waals surface area contributed by atoms with Gasteiger partial charge in [0.15, 0.2) is 17.2 Å². The summed E-state index contributed by atoms with van der Waals surface area (Å²) in [7, 11) is 1.45. The van der Waals surface area contributed by atoms with Gasteiger partial charge in [-0.1, -0.05) is 0 Å². The van der Waals surface area contributed by atoms with Crippen molar-refractivity contribution in [2.24, 2.45) is 10.2 Å². The molecule has 3 rings (SSSR count). The molecule has 5 nitrogen and oxygen atoms in total. The molecule has 0 spiro atoms. The van der Waals surface area contributed by atoms with E-state index in [1.54, 1.807) is 11.0 Å². The third kappa shape index (κ3) is 3.40. The molecule has 0 saturated carbocycles. The third-order valence-corrected chi connectivity index (χ3v) is 4.63. The summed E-state index contributed by atoms with van der Waals surface area (Å²) in [4.78, 5) is 14.2. The molecule has 0 saturated heterocycles. The number of hydrogen-bond acceptors (Lipinski definition) is 4. The van der Waals surface area contributed by atoms with E-state index in [1.807, 2.05) is 0 Å². The van der Waals surface area contributed by atoms with Crippen molar-refractivity contribution in [3.05, 3.63) is 29.1 Å². The Morgan fingerprint density at radius 3 is 2.88 bits per heavy atom. The van der Waals surface area contributed by atoms with E-state index in [-0.39, 0.29) is 11.7 Å². The fourth-order valence-corrected chi connectivity index (χ4v) is 3.06. The van der Waals surface area contributed by atoms with Gasteiger partial charge in [0.1, 0.15) is 0 Å². The van der Waals surface area contributed by atoms with Crippen molar-refractivity contribution >= 4 is 5.91 Å². The van der Waals surface area contributed by atoms with Gasteiger partial charge in [0, 0.05) is 38.8 Å². The summed E-state index contributed by atoms with van der Waals surface area (Å²) in [5.74, 6) is 2.49. The molecule has 1 aromatic carbocycles. The van der Waals surface area contributed by atoms with Crippen LogP contribution in [0, 0.1) is 18.2 Å². The normalized spacial score (nSPS) is 17.1. The molecule has 0 unspecified atom stereocenters. The lowest BCUT2D eigenvalue weighted by Crippen LogP contribution is -2.36. The fourth-order valence-electron chi connectivity index (χ4n) is 3.06. The number of amides is 1. The molecule has 0 N–H and O–H groups in total. The van der Waals surface area contributed by atoms with Gasteiger partial charge < -0.3 is 9.64 Å². The van der Waals surface area contributed by atoms with Crippen molar-refractivity contribution in [2.45, 2.75) is 44.3 Å². The SMILES string of the molecule is C#CCCC1(CCC(=O)N2CCc3cc(OC)c(F)cc3C2)N=N1. The van der Waals surface area contributed by atoms with Crippen LogP contribution in [0.2, 0.25) is 0 Å². The van der Waals surface area contributed by atoms with Gasteiger partial charge >= 0.3 is 0 Å². The Morgan fingerprint density at radius 1 is 1.42 bits per heavy atom. The molecule has 2 aliphatic heterocycles. The Kier molecular flexibility index (Phi) is 4.52. The van der Waals surface area contributed by atoms with E-state index >= 15 is 0 Å². The van der Waals surface area contributed by atoms with Crippen molar-refractivity contribution in [2.75, 3.05) is 13.7 Å². The third-order valence-electron chi connectivity index (χ3n) is 4.63. The smallest absolute Gasteiger partial charge is 0.223 e. The zero-order valence-electron chi connectivity index (χ0n) is 13.7. The maximum atomic E-state index is 13.9. The van der Waals surface area contributed by atoms with Crippen LogP contribution in [0.1, 0.15) is 36.8 Å². The number of benzene rings is 1. The molecule has 24 heavy (non-hydrogen) atoms. The van der Waals surface area contributed by atoms with E-state index in [4.69, 9.17) is 11.2 Å². The summed E-state index contributed by atoms with van der Waals surface area (Å²) in [6.45, 7) is 1.06. The number of terminal acetylenes is 1. The number of methoxy groups -OCH3 is 1. The monoisotopic (exact) mass is 329 g/mol. The Morgan fingerprint density at radius 2 is 2.21 bits per heavy atom. The minimum Gasteiger partial charge on any atom is -0.494 e. The first-order valence-corrected chi connectivity index (χ1v) is 8.07. The Bertz CT molecular complexity index is 718. The van der Waals surface area contributed by atoms with Gasteiger partial charge in [0.05, 0.1) is 7.11 Å². The average Bonchev–Trinajstić information content (AvgIpc) is 3.37. The highest BCUT2D eigenvalue weighted by molar-refractivity contribution is 5.76. The molecule has 0 fully saturated rings. The summed E-state index contributed by atoms with van der Waals surface area (Å²) in [5.41, 5.74) is 1.44. The lowest BCUT2D eigenvalue weighted by atomic mass is 9.97. The van der Waals surface area contributed by atoms with Gasteiger partial charge in [-0.05, 0) is 29.7 Å². The number of nitrogens with zero attached hydrogens (tertiary/aromatic N) is 3. The Balaban J connectivity index is 1.58. The molecular formula is C18H20FN3O2. The maximum absolute atomic E-state index is 13.9. The van der Waals surface area contributed by atoms with Crippen molar-refractivity contribution in [1.29, 1.82) is 0 Å². The summed E-state index contributed by atoms with van der Waals surface area (Å²) < 4.78 is 18.9. The van der Waals surface area contributed by atoms with Gasteiger partial charge in [-0.15, -0.1) is 12.3 Å². The van der Waals surface area contributed by atoms with Crippen LogP contribution in [-0.2, 0) is 17.8 Å². The Labute approximate surface area is 140 Å². The number of carbonyl (C=O) groups is 1. The van der Waals surface area contributed by atoms with Crippen LogP contribution in [0.5, 0.6) is 5.75 Å². The molecule has 0 aliphatic carbocycles. The molecule has 0 bridgehead atoms. The van der Waals surface area contributed by atoms with E-state index in [1.165, 1.54) is 13.2 Å². The summed E-state index contributed by atoms with van der Waals surface area (Å²) >= 11 is 0. The van der Waals surface area contributed by atoms with Gasteiger partial charge in [0.25, 0.3) is 0 Å². The molecule has 0 aromatic heterocycles. The highest BCUT2D eigenvalue weighted by atomic mass is 19.1. The summed E-state index contributed by atoms with van der Waals surface area (Å²) in [6.07, 6.45) is 8.25. The quantitative estimate of drug-likeness (QED) is 0.753. The van der Waals surface area contributed by atoms with E-state index in [0.717, 1.165) is 11.1 Å². The highest BCUT2D eigenvalue weighted by Gasteiger charge is 2.39. The number of carbonyl (C=O) groups excluding carboxylic acids is 1. The zero-order chi connectivity index (χ0) is 17.2. The first kappa shape index (κ1) is 16.4. The molecule has 6 heteroatoms. The van der Waals surface area contributed by atoms with E-state index in [0.29, 0.717) is 45.2 Å². The van der Waals surface area contributed by atoms with Crippen molar-refractivity contribution in [1.82, 2.24) is 4.90 Å². The number of rotatable bonds is 6. The second-order valence-corrected chi connectivity index (χ2v) is 6.21. The molecule has 0 radical (unpaired) electrons. The minimum absolute atomic E-state index is 0.0502. The Hall–Kier alpha value is -2.42. The van der Waals surface area contributed by atoms with Crippen LogP contribution >= 0.6 is 0 Å². The summed E-state index contributed by atoms with van der Waals surface area (Å²) in [6, 6.07) is 3.19. The van der Waals surface area contributed by atoms with Crippen LogP contribution in [0.3, 0.4) is 0 Å². The zero-order valence-corrected chi connectivity index (χ0v) is 13.7. The number of fused-ring (bicyclic) bond motifs is 1. The first-order chi connectivity index (χ1) is 11.6. The predicted octanol–water partition coefficient (Wildman–Crippen LogP) is 3.07. The first-order valence-electron chi connectivity index (χ1n) is 8.07. The van der Waals surface area contributed by atoms with Gasteiger partial charge in [-0.2, -0.15) is 10.2 Å². The van der Waals surface area contributed by atoms with Gasteiger partial charge in [-0.3, -0.25) is 4.79 Å². The lowest BCUT2D eigenvalue weighted by molar-refractivity contribution is -0.132. The van der Waals surface area contributed by atoms with Crippen LogP contribution < -0.4 is 4.74 Å². The maximum Gasteiger partial charge on any atom is 0.223 e. The van der Waals surface area contributed by atoms with Gasteiger partial charge in [-0.25, -0.2) is 4.39 Å². The molecule has 2 aliphatic rings. The number of ether oxygens (including phenoxy) is 1. The van der Waals surface area contributed by atoms with E-state index < -0.39 is 11.5 Å². The summed E-state index contributed by atoms with van der Waals surface area (Å²) in [5, 5.41) is 8.10. The van der Waals surface area contributed by atoms with Crippen LogP contribution in [-0.4, -0.2) is 30.1 Å². The fraction of sp³-hybridized carbons (Fsp3) is 0.500. The second kappa shape index (κ2) is 6.60. The van der Waals surface area contributed by atoms with Gasteiger partial charge in [0.2, 0.25) is 5.91 Å². The van der Waals surface area contributed by atoms with Crippen LogP contribution in [0.25, 0.3) is 0 Å². The number of hydrogen-bond donors (Lipinski definition) is 0. The van der Waals surface area contributed by atoms with Crippen molar-refractivity contribution in [3.63, 3.8) is 0 Å². The van der Waals surface area contributed by atoms with E-state index in [9.17, 15) is 9.18 Å². The lowest BCUT2D eigenvalue weighted by Gasteiger charge is -2.29. The second-order valence-electron chi connectivity index (χ2n) is 6.21. The topological polar surface area (TPSA) is 54.3 Å². The molecule has 126 valence electrons. The molecule has 1 amide bonds. The number of halogens is 1. The highest BCUT2D eigenvalue weighted by Crippen LogP contribution is 2.38. The van der Waals surface area contributed by atoms with Crippen molar-refractivity contribution < 1.29 is 13.9 Å². The van der Waals surface area contributed by atoms with Crippen LogP contribution in [0.4, 0.5) is 4.39 Å². The largest absolute Gasteiger partial charge is 0.494 e. The standard InChI is InChI=1S/C18H20FN3O2/c1-3-4-7-18(20-21-18)8-5-17(23)22-9-6-13-11-16(24-2)15(19)10-14(13)12-22/h1,10-11H,4-9,12H2,2H3. The molecular weight excluding hydrogens is 309 g/mol. The minimum atomic E-state index is -0.435. The average molecular weight is 329 g/mol.